The van der Waals surface area contributed by atoms with E-state index in [1.165, 1.54) is 4.68 Å². The van der Waals surface area contributed by atoms with Gasteiger partial charge in [-0.2, -0.15) is 10.4 Å². The summed E-state index contributed by atoms with van der Waals surface area (Å²) in [6, 6.07) is 9.07. The third kappa shape index (κ3) is 2.86. The predicted molar refractivity (Wildman–Crippen MR) is 94.0 cm³/mol. The maximum absolute atomic E-state index is 12.6. The Hall–Kier alpha value is -3.40. The first-order chi connectivity index (χ1) is 12.5. The second-order valence-electron chi connectivity index (χ2n) is 5.79. The van der Waals surface area contributed by atoms with E-state index < -0.39 is 11.5 Å². The zero-order chi connectivity index (χ0) is 18.8. The van der Waals surface area contributed by atoms with Gasteiger partial charge in [-0.25, -0.2) is 9.48 Å². The lowest BCUT2D eigenvalue weighted by Crippen LogP contribution is -2.28. The molecule has 0 aliphatic rings. The van der Waals surface area contributed by atoms with Crippen molar-refractivity contribution in [3.63, 3.8) is 0 Å². The number of aromatic nitrogens is 2. The minimum absolute atomic E-state index is 0.000204. The van der Waals surface area contributed by atoms with Gasteiger partial charge in [0.25, 0.3) is 5.56 Å². The summed E-state index contributed by atoms with van der Waals surface area (Å²) in [6.07, 6.45) is 0. The van der Waals surface area contributed by atoms with Crippen molar-refractivity contribution in [2.75, 3.05) is 6.61 Å². The van der Waals surface area contributed by atoms with Crippen LogP contribution in [0.4, 0.5) is 0 Å². The first-order valence-corrected chi connectivity index (χ1v) is 8.13. The number of esters is 1. The maximum Gasteiger partial charge on any atom is 0.374 e. The van der Waals surface area contributed by atoms with Gasteiger partial charge < -0.3 is 9.15 Å². The molecule has 0 radical (unpaired) electrons. The summed E-state index contributed by atoms with van der Waals surface area (Å²) in [5.41, 5.74) is 1.69. The molecule has 3 aromatic rings. The fourth-order valence-electron chi connectivity index (χ4n) is 2.78. The smallest absolute Gasteiger partial charge is 0.374 e. The van der Waals surface area contributed by atoms with Crippen LogP contribution in [0.5, 0.6) is 0 Å². The normalized spacial score (nSPS) is 10.7. The van der Waals surface area contributed by atoms with Gasteiger partial charge in [0.1, 0.15) is 17.2 Å². The van der Waals surface area contributed by atoms with Crippen molar-refractivity contribution in [2.24, 2.45) is 0 Å². The Bertz CT molecular complexity index is 1100. The van der Waals surface area contributed by atoms with Gasteiger partial charge in [-0.15, -0.1) is 0 Å². The highest BCUT2D eigenvalue weighted by Gasteiger charge is 2.23. The fourth-order valence-corrected chi connectivity index (χ4v) is 2.78. The average Bonchev–Trinajstić information content (AvgIpc) is 2.99. The molecule has 0 saturated heterocycles. The highest BCUT2D eigenvalue weighted by molar-refractivity contribution is 5.96. The van der Waals surface area contributed by atoms with Crippen LogP contribution in [0.15, 0.2) is 33.5 Å². The summed E-state index contributed by atoms with van der Waals surface area (Å²) in [7, 11) is 0. The molecule has 132 valence electrons. The van der Waals surface area contributed by atoms with Gasteiger partial charge in [-0.1, -0.05) is 18.2 Å². The van der Waals surface area contributed by atoms with Crippen LogP contribution in [-0.2, 0) is 11.3 Å². The van der Waals surface area contributed by atoms with Crippen LogP contribution in [0.25, 0.3) is 11.0 Å². The summed E-state index contributed by atoms with van der Waals surface area (Å²) in [6.45, 7) is 5.32. The van der Waals surface area contributed by atoms with Crippen LogP contribution in [0.1, 0.15) is 39.9 Å². The number of carbonyl (C=O) groups is 1. The molecule has 3 rings (SSSR count). The first-order valence-electron chi connectivity index (χ1n) is 8.13. The van der Waals surface area contributed by atoms with Crippen molar-refractivity contribution >= 4 is 16.9 Å². The zero-order valence-electron chi connectivity index (χ0n) is 14.7. The number of hydrogen-bond donors (Lipinski definition) is 0. The molecular weight excluding hydrogens is 334 g/mol. The molecule has 0 bridgehead atoms. The number of rotatable bonds is 4. The molecule has 1 aromatic carbocycles. The number of nitriles is 1. The molecule has 0 aliphatic heterocycles. The number of carbonyl (C=O) groups excluding carboxylic acids is 1. The second kappa shape index (κ2) is 6.84. The molecule has 0 fully saturated rings. The van der Waals surface area contributed by atoms with Gasteiger partial charge in [0.15, 0.2) is 0 Å². The van der Waals surface area contributed by atoms with Crippen LogP contribution in [0, 0.1) is 25.2 Å². The summed E-state index contributed by atoms with van der Waals surface area (Å²) < 4.78 is 11.9. The number of nitrogens with zero attached hydrogens (tertiary/aromatic N) is 3. The van der Waals surface area contributed by atoms with Crippen LogP contribution in [-0.4, -0.2) is 22.4 Å². The van der Waals surface area contributed by atoms with Gasteiger partial charge in [0, 0.05) is 10.9 Å². The van der Waals surface area contributed by atoms with Crippen LogP contribution >= 0.6 is 0 Å². The highest BCUT2D eigenvalue weighted by atomic mass is 16.5. The van der Waals surface area contributed by atoms with E-state index in [9.17, 15) is 14.9 Å². The van der Waals surface area contributed by atoms with E-state index in [1.54, 1.807) is 39.0 Å². The number of fused-ring (bicyclic) bond motifs is 1. The Morgan fingerprint density at radius 1 is 1.35 bits per heavy atom. The summed E-state index contributed by atoms with van der Waals surface area (Å²) in [4.78, 5) is 24.9. The molecule has 0 N–H and O–H groups in total. The van der Waals surface area contributed by atoms with E-state index in [2.05, 4.69) is 5.10 Å². The molecule has 0 amide bonds. The number of aryl methyl sites for hydroxylation is 1. The zero-order valence-corrected chi connectivity index (χ0v) is 14.7. The lowest BCUT2D eigenvalue weighted by molar-refractivity contribution is 0.0490. The van der Waals surface area contributed by atoms with Crippen LogP contribution in [0.3, 0.4) is 0 Å². The lowest BCUT2D eigenvalue weighted by atomic mass is 10.1. The monoisotopic (exact) mass is 351 g/mol. The second-order valence-corrected chi connectivity index (χ2v) is 5.79. The molecule has 0 saturated carbocycles. The molecule has 0 aliphatic carbocycles. The van der Waals surface area contributed by atoms with Crippen molar-refractivity contribution in [2.45, 2.75) is 27.3 Å². The summed E-state index contributed by atoms with van der Waals surface area (Å²) >= 11 is 0. The van der Waals surface area contributed by atoms with Crippen molar-refractivity contribution in [1.29, 1.82) is 5.26 Å². The van der Waals surface area contributed by atoms with E-state index in [0.29, 0.717) is 27.8 Å². The summed E-state index contributed by atoms with van der Waals surface area (Å²) in [5.74, 6) is -0.561. The third-order valence-corrected chi connectivity index (χ3v) is 4.22. The minimum atomic E-state index is -0.601. The molecule has 2 heterocycles. The Morgan fingerprint density at radius 3 is 2.77 bits per heavy atom. The van der Waals surface area contributed by atoms with Crippen LogP contribution < -0.4 is 5.56 Å². The Balaban J connectivity index is 2.20. The molecule has 0 unspecified atom stereocenters. The maximum atomic E-state index is 12.6. The average molecular weight is 351 g/mol. The van der Waals surface area contributed by atoms with E-state index in [0.717, 1.165) is 0 Å². The number of hydrogen-bond acceptors (Lipinski definition) is 6. The SMILES string of the molecule is CCOC(=O)c1oc2ccccc2c1Cn1nc(C)c(C)c(C#N)c1=O. The largest absolute Gasteiger partial charge is 0.460 e. The number of para-hydroxylation sites is 1. The van der Waals surface area contributed by atoms with E-state index in [-0.39, 0.29) is 24.5 Å². The molecule has 7 heteroatoms. The number of ether oxygens (including phenoxy) is 1. The Labute approximate surface area is 149 Å². The van der Waals surface area contributed by atoms with E-state index >= 15 is 0 Å². The van der Waals surface area contributed by atoms with Gasteiger partial charge in [0.2, 0.25) is 5.76 Å². The lowest BCUT2D eigenvalue weighted by Gasteiger charge is -2.09. The Morgan fingerprint density at radius 2 is 2.08 bits per heavy atom. The minimum Gasteiger partial charge on any atom is -0.460 e. The van der Waals surface area contributed by atoms with Gasteiger partial charge in [0.05, 0.1) is 18.8 Å². The molecular formula is C19H17N3O4. The van der Waals surface area contributed by atoms with Gasteiger partial charge >= 0.3 is 5.97 Å². The quantitative estimate of drug-likeness (QED) is 0.670. The van der Waals surface area contributed by atoms with Crippen molar-refractivity contribution in [1.82, 2.24) is 9.78 Å². The molecule has 26 heavy (non-hydrogen) atoms. The highest BCUT2D eigenvalue weighted by Crippen LogP contribution is 2.27. The van der Waals surface area contributed by atoms with Crippen molar-refractivity contribution in [3.05, 3.63) is 62.8 Å². The summed E-state index contributed by atoms with van der Waals surface area (Å²) in [5, 5.41) is 14.2. The predicted octanol–water partition coefficient (Wildman–Crippen LogP) is 2.70. The Kier molecular flexibility index (Phi) is 4.59. The number of benzene rings is 1. The standard InChI is InChI=1S/C19H17N3O4/c1-4-25-19(24)17-15(13-7-5-6-8-16(13)26-17)10-22-18(23)14(9-20)11(2)12(3)21-22/h5-8H,4,10H2,1-3H3. The topological polar surface area (TPSA) is 98.1 Å². The molecule has 2 aromatic heterocycles. The first kappa shape index (κ1) is 17.4. The fraction of sp³-hybridized carbons (Fsp3) is 0.263. The van der Waals surface area contributed by atoms with E-state index in [4.69, 9.17) is 9.15 Å². The number of furan rings is 1. The molecule has 0 spiro atoms. The van der Waals surface area contributed by atoms with Crippen LogP contribution in [0.2, 0.25) is 0 Å². The van der Waals surface area contributed by atoms with Crippen molar-refractivity contribution < 1.29 is 13.9 Å². The molecule has 7 nitrogen and oxygen atoms in total. The third-order valence-electron chi connectivity index (χ3n) is 4.22. The van der Waals surface area contributed by atoms with Crippen molar-refractivity contribution in [3.8, 4) is 6.07 Å². The van der Waals surface area contributed by atoms with Gasteiger partial charge in [-0.05, 0) is 32.4 Å². The van der Waals surface area contributed by atoms with E-state index in [1.807, 2.05) is 12.1 Å². The van der Waals surface area contributed by atoms with Gasteiger partial charge in [-0.3, -0.25) is 4.79 Å². The molecule has 0 atom stereocenters.